The van der Waals surface area contributed by atoms with Crippen LogP contribution < -0.4 is 10.1 Å². The lowest BCUT2D eigenvalue weighted by Crippen LogP contribution is -2.23. The molecule has 0 radical (unpaired) electrons. The van der Waals surface area contributed by atoms with Crippen LogP contribution in [-0.4, -0.2) is 22.6 Å². The molecule has 0 saturated carbocycles. The second-order valence-electron chi connectivity index (χ2n) is 4.83. The van der Waals surface area contributed by atoms with Crippen LogP contribution in [0.4, 0.5) is 11.5 Å². The van der Waals surface area contributed by atoms with E-state index in [1.54, 1.807) is 6.07 Å². The molecule has 0 aliphatic heterocycles. The first-order valence-corrected chi connectivity index (χ1v) is 6.61. The van der Waals surface area contributed by atoms with E-state index >= 15 is 0 Å². The fourth-order valence-electron chi connectivity index (χ4n) is 1.76. The second kappa shape index (κ2) is 6.69. The number of aryl methyl sites for hydroxylation is 1. The zero-order chi connectivity index (χ0) is 15.2. The maximum atomic E-state index is 10.5. The normalized spacial score (nSPS) is 11.7. The highest BCUT2D eigenvalue weighted by atomic mass is 16.6. The molecule has 0 saturated heterocycles. The molecular weight excluding hydrogens is 270 g/mol. The van der Waals surface area contributed by atoms with E-state index in [9.17, 15) is 10.1 Å². The summed E-state index contributed by atoms with van der Waals surface area (Å²) in [5.41, 5.74) is 1.91. The summed E-state index contributed by atoms with van der Waals surface area (Å²) in [7, 11) is 0. The number of aromatic nitrogens is 1. The molecule has 0 fully saturated rings. The quantitative estimate of drug-likeness (QED) is 0.652. The Morgan fingerprint density at radius 3 is 2.57 bits per heavy atom. The Morgan fingerprint density at radius 1 is 1.29 bits per heavy atom. The summed E-state index contributed by atoms with van der Waals surface area (Å²) in [4.78, 5) is 13.8. The van der Waals surface area contributed by atoms with E-state index in [0.29, 0.717) is 6.61 Å². The van der Waals surface area contributed by atoms with Crippen molar-refractivity contribution in [2.45, 2.75) is 19.9 Å². The van der Waals surface area contributed by atoms with Crippen LogP contribution in [-0.2, 0) is 0 Å². The zero-order valence-electron chi connectivity index (χ0n) is 11.9. The summed E-state index contributed by atoms with van der Waals surface area (Å²) < 4.78 is 5.67. The zero-order valence-corrected chi connectivity index (χ0v) is 11.9. The van der Waals surface area contributed by atoms with Crippen LogP contribution in [0.15, 0.2) is 42.6 Å². The summed E-state index contributed by atoms with van der Waals surface area (Å²) >= 11 is 0. The monoisotopic (exact) mass is 287 g/mol. The standard InChI is InChI=1S/C15H17N3O3/c1-11-3-6-14(7-4-11)21-10-12(2)17-13-5-8-15(16-9-13)18(19)20/h3-9,12,17H,10H2,1-2H3. The molecule has 1 unspecified atom stereocenters. The van der Waals surface area contributed by atoms with E-state index in [2.05, 4.69) is 10.3 Å². The Kier molecular flexibility index (Phi) is 4.71. The van der Waals surface area contributed by atoms with Crippen molar-refractivity contribution in [1.82, 2.24) is 4.98 Å². The molecule has 21 heavy (non-hydrogen) atoms. The van der Waals surface area contributed by atoms with Gasteiger partial charge in [-0.25, -0.2) is 0 Å². The summed E-state index contributed by atoms with van der Waals surface area (Å²) in [5, 5.41) is 13.7. The van der Waals surface area contributed by atoms with Crippen LogP contribution >= 0.6 is 0 Å². The van der Waals surface area contributed by atoms with Crippen LogP contribution in [0, 0.1) is 17.0 Å². The van der Waals surface area contributed by atoms with Gasteiger partial charge in [0.1, 0.15) is 12.4 Å². The van der Waals surface area contributed by atoms with E-state index < -0.39 is 4.92 Å². The van der Waals surface area contributed by atoms with Gasteiger partial charge < -0.3 is 20.2 Å². The van der Waals surface area contributed by atoms with Crippen LogP contribution in [0.1, 0.15) is 12.5 Å². The molecule has 0 aliphatic carbocycles. The number of hydrogen-bond donors (Lipinski definition) is 1. The van der Waals surface area contributed by atoms with Gasteiger partial charge in [-0.1, -0.05) is 17.7 Å². The third-order valence-corrected chi connectivity index (χ3v) is 2.87. The van der Waals surface area contributed by atoms with Crippen LogP contribution in [0.3, 0.4) is 0 Å². The molecule has 1 N–H and O–H groups in total. The van der Waals surface area contributed by atoms with E-state index in [1.165, 1.54) is 17.8 Å². The number of anilines is 1. The Morgan fingerprint density at radius 2 is 2.00 bits per heavy atom. The van der Waals surface area contributed by atoms with Crippen LogP contribution in [0.25, 0.3) is 0 Å². The molecule has 1 aromatic heterocycles. The molecular formula is C15H17N3O3. The minimum atomic E-state index is -0.520. The second-order valence-corrected chi connectivity index (χ2v) is 4.83. The molecule has 1 aromatic carbocycles. The Balaban J connectivity index is 1.85. The van der Waals surface area contributed by atoms with Gasteiger partial charge in [-0.15, -0.1) is 0 Å². The molecule has 0 bridgehead atoms. The number of nitrogens with one attached hydrogen (secondary N) is 1. The van der Waals surface area contributed by atoms with Gasteiger partial charge in [-0.3, -0.25) is 0 Å². The first kappa shape index (κ1) is 14.8. The van der Waals surface area contributed by atoms with Gasteiger partial charge in [0.05, 0.1) is 11.7 Å². The fourth-order valence-corrected chi connectivity index (χ4v) is 1.76. The van der Waals surface area contributed by atoms with Gasteiger partial charge in [0, 0.05) is 6.07 Å². The van der Waals surface area contributed by atoms with Gasteiger partial charge in [0.2, 0.25) is 0 Å². The molecule has 2 aromatic rings. The summed E-state index contributed by atoms with van der Waals surface area (Å²) in [6, 6.07) is 10.9. The average molecular weight is 287 g/mol. The fraction of sp³-hybridized carbons (Fsp3) is 0.267. The molecule has 1 heterocycles. The number of ether oxygens (including phenoxy) is 1. The van der Waals surface area contributed by atoms with Crippen molar-refractivity contribution in [3.8, 4) is 5.75 Å². The predicted octanol–water partition coefficient (Wildman–Crippen LogP) is 3.18. The molecule has 6 heteroatoms. The highest BCUT2D eigenvalue weighted by molar-refractivity contribution is 5.44. The molecule has 0 amide bonds. The van der Waals surface area contributed by atoms with Gasteiger partial charge in [-0.05, 0) is 42.0 Å². The number of nitro groups is 1. The molecule has 0 aliphatic rings. The van der Waals surface area contributed by atoms with Gasteiger partial charge in [0.25, 0.3) is 0 Å². The number of nitrogens with zero attached hydrogens (tertiary/aromatic N) is 2. The highest BCUT2D eigenvalue weighted by Gasteiger charge is 2.08. The molecule has 2 rings (SSSR count). The Bertz CT molecular complexity index is 597. The van der Waals surface area contributed by atoms with Gasteiger partial charge in [-0.2, -0.15) is 0 Å². The van der Waals surface area contributed by atoms with Gasteiger partial charge in [0.15, 0.2) is 6.20 Å². The number of rotatable bonds is 6. The topological polar surface area (TPSA) is 77.3 Å². The van der Waals surface area contributed by atoms with Crippen LogP contribution in [0.5, 0.6) is 5.75 Å². The highest BCUT2D eigenvalue weighted by Crippen LogP contribution is 2.14. The maximum absolute atomic E-state index is 10.5. The van der Waals surface area contributed by atoms with Crippen molar-refractivity contribution in [2.75, 3.05) is 11.9 Å². The van der Waals surface area contributed by atoms with Gasteiger partial charge >= 0.3 is 5.82 Å². The average Bonchev–Trinajstić information content (AvgIpc) is 2.47. The van der Waals surface area contributed by atoms with E-state index in [4.69, 9.17) is 4.74 Å². The van der Waals surface area contributed by atoms with E-state index in [1.807, 2.05) is 38.1 Å². The number of benzene rings is 1. The van der Waals surface area contributed by atoms with Crippen molar-refractivity contribution in [3.05, 3.63) is 58.3 Å². The Labute approximate surface area is 122 Å². The summed E-state index contributed by atoms with van der Waals surface area (Å²) in [5.74, 6) is 0.653. The molecule has 6 nitrogen and oxygen atoms in total. The lowest BCUT2D eigenvalue weighted by molar-refractivity contribution is -0.389. The minimum Gasteiger partial charge on any atom is -0.491 e. The van der Waals surface area contributed by atoms with E-state index in [-0.39, 0.29) is 11.9 Å². The summed E-state index contributed by atoms with van der Waals surface area (Å²) in [6.45, 7) is 4.48. The number of hydrogen-bond acceptors (Lipinski definition) is 5. The first-order valence-electron chi connectivity index (χ1n) is 6.61. The Hall–Kier alpha value is -2.63. The van der Waals surface area contributed by atoms with Crippen molar-refractivity contribution < 1.29 is 9.66 Å². The van der Waals surface area contributed by atoms with Crippen molar-refractivity contribution >= 4 is 11.5 Å². The van der Waals surface area contributed by atoms with Crippen molar-refractivity contribution in [1.29, 1.82) is 0 Å². The summed E-state index contributed by atoms with van der Waals surface area (Å²) in [6.07, 6.45) is 1.44. The minimum absolute atomic E-state index is 0.0505. The lowest BCUT2D eigenvalue weighted by atomic mass is 10.2. The predicted molar refractivity (Wildman–Crippen MR) is 80.7 cm³/mol. The van der Waals surface area contributed by atoms with Crippen molar-refractivity contribution in [3.63, 3.8) is 0 Å². The van der Waals surface area contributed by atoms with Crippen LogP contribution in [0.2, 0.25) is 0 Å². The molecule has 1 atom stereocenters. The van der Waals surface area contributed by atoms with Crippen molar-refractivity contribution in [2.24, 2.45) is 0 Å². The first-order chi connectivity index (χ1) is 10.0. The van der Waals surface area contributed by atoms with E-state index in [0.717, 1.165) is 11.4 Å². The lowest BCUT2D eigenvalue weighted by Gasteiger charge is -2.15. The molecule has 0 spiro atoms. The molecule has 110 valence electrons. The number of pyridine rings is 1. The third-order valence-electron chi connectivity index (χ3n) is 2.87. The SMILES string of the molecule is Cc1ccc(OCC(C)Nc2ccc([N+](=O)[O-])nc2)cc1. The third kappa shape index (κ3) is 4.45. The smallest absolute Gasteiger partial charge is 0.363 e. The largest absolute Gasteiger partial charge is 0.491 e. The maximum Gasteiger partial charge on any atom is 0.363 e.